The monoisotopic (exact) mass is 236 g/mol. The first-order valence-corrected chi connectivity index (χ1v) is 5.24. The molecule has 16 heavy (non-hydrogen) atoms. The number of carbonyl (C=O) groups is 1. The molecule has 0 bridgehead atoms. The summed E-state index contributed by atoms with van der Waals surface area (Å²) < 4.78 is 22.5. The number of alkyl halides is 1. The zero-order chi connectivity index (χ0) is 12.6. The molecule has 0 rings (SSSR count). The van der Waals surface area contributed by atoms with Crippen molar-refractivity contribution in [1.82, 2.24) is 5.32 Å². The number of nitrogens with one attached hydrogen (secondary N) is 1. The highest BCUT2D eigenvalue weighted by Gasteiger charge is 2.15. The van der Waals surface area contributed by atoms with Gasteiger partial charge >= 0.3 is 6.09 Å². The molecular formula is C10H21FN2O3. The van der Waals surface area contributed by atoms with Crippen molar-refractivity contribution in [1.29, 1.82) is 0 Å². The van der Waals surface area contributed by atoms with Crippen LogP contribution in [0.1, 0.15) is 20.8 Å². The van der Waals surface area contributed by atoms with Gasteiger partial charge in [-0.1, -0.05) is 0 Å². The maximum absolute atomic E-state index is 12.6. The van der Waals surface area contributed by atoms with Gasteiger partial charge in [-0.3, -0.25) is 0 Å². The first kappa shape index (κ1) is 15.1. The Morgan fingerprint density at radius 2 is 2.12 bits per heavy atom. The molecule has 0 aliphatic heterocycles. The van der Waals surface area contributed by atoms with E-state index in [2.05, 4.69) is 5.32 Å². The lowest BCUT2D eigenvalue weighted by molar-refractivity contribution is 0.0475. The van der Waals surface area contributed by atoms with Crippen LogP contribution in [-0.4, -0.2) is 44.2 Å². The molecule has 1 atom stereocenters. The molecule has 3 N–H and O–H groups in total. The van der Waals surface area contributed by atoms with Crippen molar-refractivity contribution in [3.63, 3.8) is 0 Å². The van der Waals surface area contributed by atoms with Gasteiger partial charge in [-0.25, -0.2) is 9.18 Å². The lowest BCUT2D eigenvalue weighted by Gasteiger charge is -2.19. The van der Waals surface area contributed by atoms with Crippen molar-refractivity contribution in [2.24, 2.45) is 5.73 Å². The van der Waals surface area contributed by atoms with E-state index in [-0.39, 0.29) is 26.3 Å². The van der Waals surface area contributed by atoms with E-state index in [1.165, 1.54) is 0 Å². The molecule has 6 heteroatoms. The average molecular weight is 236 g/mol. The van der Waals surface area contributed by atoms with Gasteiger partial charge in [-0.2, -0.15) is 0 Å². The summed E-state index contributed by atoms with van der Waals surface area (Å²) in [5, 5.41) is 2.49. The van der Waals surface area contributed by atoms with Gasteiger partial charge in [0.2, 0.25) is 0 Å². The molecular weight excluding hydrogens is 215 g/mol. The molecule has 0 radical (unpaired) electrons. The second-order valence-electron chi connectivity index (χ2n) is 4.34. The molecule has 0 aliphatic carbocycles. The molecule has 0 saturated carbocycles. The Hall–Kier alpha value is -0.880. The number of ether oxygens (including phenoxy) is 2. The van der Waals surface area contributed by atoms with Crippen LogP contribution >= 0.6 is 0 Å². The summed E-state index contributed by atoms with van der Waals surface area (Å²) in [6.45, 7) is 5.74. The zero-order valence-corrected chi connectivity index (χ0v) is 10.1. The van der Waals surface area contributed by atoms with Crippen molar-refractivity contribution in [2.75, 3.05) is 26.3 Å². The molecule has 1 unspecified atom stereocenters. The van der Waals surface area contributed by atoms with Gasteiger partial charge < -0.3 is 20.5 Å². The highest BCUT2D eigenvalue weighted by Crippen LogP contribution is 2.05. The molecule has 0 heterocycles. The van der Waals surface area contributed by atoms with Crippen LogP contribution in [0.4, 0.5) is 9.18 Å². The van der Waals surface area contributed by atoms with E-state index in [1.807, 2.05) is 0 Å². The lowest BCUT2D eigenvalue weighted by Crippen LogP contribution is -2.34. The highest BCUT2D eigenvalue weighted by molar-refractivity contribution is 5.67. The van der Waals surface area contributed by atoms with Gasteiger partial charge in [0.25, 0.3) is 0 Å². The molecule has 0 aliphatic rings. The quantitative estimate of drug-likeness (QED) is 0.670. The number of amides is 1. The van der Waals surface area contributed by atoms with Crippen molar-refractivity contribution < 1.29 is 18.7 Å². The molecule has 5 nitrogen and oxygen atoms in total. The summed E-state index contributed by atoms with van der Waals surface area (Å²) >= 11 is 0. The fourth-order valence-corrected chi connectivity index (χ4v) is 0.819. The van der Waals surface area contributed by atoms with Crippen LogP contribution in [0.2, 0.25) is 0 Å². The molecule has 0 aromatic rings. The molecule has 96 valence electrons. The number of alkyl carbamates (subject to hydrolysis) is 1. The number of carbonyl (C=O) groups excluding carboxylic acids is 1. The number of rotatable bonds is 6. The maximum Gasteiger partial charge on any atom is 0.407 e. The highest BCUT2D eigenvalue weighted by atomic mass is 19.1. The van der Waals surface area contributed by atoms with Crippen LogP contribution in [0.25, 0.3) is 0 Å². The normalized spacial score (nSPS) is 13.3. The predicted molar refractivity (Wildman–Crippen MR) is 59.0 cm³/mol. The van der Waals surface area contributed by atoms with E-state index in [1.54, 1.807) is 20.8 Å². The third kappa shape index (κ3) is 9.67. The van der Waals surface area contributed by atoms with Gasteiger partial charge in [-0.15, -0.1) is 0 Å². The fraction of sp³-hybridized carbons (Fsp3) is 0.900. The first-order valence-electron chi connectivity index (χ1n) is 5.24. The summed E-state index contributed by atoms with van der Waals surface area (Å²) in [5.41, 5.74) is 4.54. The minimum atomic E-state index is -1.15. The topological polar surface area (TPSA) is 73.6 Å². The van der Waals surface area contributed by atoms with Gasteiger partial charge in [-0.05, 0) is 20.8 Å². The zero-order valence-electron chi connectivity index (χ0n) is 10.1. The van der Waals surface area contributed by atoms with Crippen LogP contribution in [0, 0.1) is 0 Å². The first-order chi connectivity index (χ1) is 7.35. The maximum atomic E-state index is 12.6. The Bertz CT molecular complexity index is 207. The second kappa shape index (κ2) is 7.40. The van der Waals surface area contributed by atoms with Crippen LogP contribution in [0.15, 0.2) is 0 Å². The Labute approximate surface area is 95.5 Å². The largest absolute Gasteiger partial charge is 0.444 e. The van der Waals surface area contributed by atoms with Crippen molar-refractivity contribution >= 4 is 6.09 Å². The van der Waals surface area contributed by atoms with Crippen LogP contribution in [0.5, 0.6) is 0 Å². The number of halogens is 1. The molecule has 0 fully saturated rings. The molecule has 0 aromatic carbocycles. The molecule has 0 spiro atoms. The number of nitrogens with two attached hydrogens (primary N) is 1. The minimum absolute atomic E-state index is 0.0491. The van der Waals surface area contributed by atoms with E-state index in [0.29, 0.717) is 0 Å². The van der Waals surface area contributed by atoms with E-state index >= 15 is 0 Å². The predicted octanol–water partition coefficient (Wildman–Crippen LogP) is 0.825. The Balaban J connectivity index is 3.42. The number of hydrogen-bond donors (Lipinski definition) is 2. The smallest absolute Gasteiger partial charge is 0.407 e. The summed E-state index contributed by atoms with van der Waals surface area (Å²) in [5.74, 6) is 0. The number of hydrogen-bond acceptors (Lipinski definition) is 4. The van der Waals surface area contributed by atoms with Crippen LogP contribution in [-0.2, 0) is 9.47 Å². The summed E-state index contributed by atoms with van der Waals surface area (Å²) in [4.78, 5) is 11.1. The summed E-state index contributed by atoms with van der Waals surface area (Å²) in [6.07, 6.45) is -1.66. The SMILES string of the molecule is CC(C)(C)OC(=O)NCCOCC(F)CN. The Kier molecular flexibility index (Phi) is 7.00. The average Bonchev–Trinajstić information content (AvgIpc) is 2.14. The van der Waals surface area contributed by atoms with Gasteiger partial charge in [0.05, 0.1) is 13.2 Å². The second-order valence-corrected chi connectivity index (χ2v) is 4.34. The van der Waals surface area contributed by atoms with Gasteiger partial charge in [0.1, 0.15) is 11.8 Å². The fourth-order valence-electron chi connectivity index (χ4n) is 0.819. The third-order valence-corrected chi connectivity index (χ3v) is 1.47. The van der Waals surface area contributed by atoms with E-state index in [4.69, 9.17) is 15.2 Å². The third-order valence-electron chi connectivity index (χ3n) is 1.47. The molecule has 0 aromatic heterocycles. The standard InChI is InChI=1S/C10H21FN2O3/c1-10(2,3)16-9(14)13-4-5-15-7-8(11)6-12/h8H,4-7,12H2,1-3H3,(H,13,14). The Morgan fingerprint density at radius 1 is 1.50 bits per heavy atom. The van der Waals surface area contributed by atoms with E-state index < -0.39 is 17.9 Å². The van der Waals surface area contributed by atoms with Crippen molar-refractivity contribution in [3.8, 4) is 0 Å². The van der Waals surface area contributed by atoms with E-state index in [9.17, 15) is 9.18 Å². The van der Waals surface area contributed by atoms with Gasteiger partial charge in [0.15, 0.2) is 0 Å². The lowest BCUT2D eigenvalue weighted by atomic mass is 10.2. The van der Waals surface area contributed by atoms with Crippen LogP contribution in [0.3, 0.4) is 0 Å². The van der Waals surface area contributed by atoms with Crippen molar-refractivity contribution in [3.05, 3.63) is 0 Å². The van der Waals surface area contributed by atoms with E-state index in [0.717, 1.165) is 0 Å². The summed E-state index contributed by atoms with van der Waals surface area (Å²) in [7, 11) is 0. The van der Waals surface area contributed by atoms with Crippen LogP contribution < -0.4 is 11.1 Å². The minimum Gasteiger partial charge on any atom is -0.444 e. The summed E-state index contributed by atoms with van der Waals surface area (Å²) in [6, 6.07) is 0. The van der Waals surface area contributed by atoms with Crippen molar-refractivity contribution in [2.45, 2.75) is 32.5 Å². The van der Waals surface area contributed by atoms with Gasteiger partial charge in [0, 0.05) is 13.1 Å². The molecule has 0 saturated heterocycles. The Morgan fingerprint density at radius 3 is 2.62 bits per heavy atom. The molecule has 1 amide bonds.